The minimum atomic E-state index is -3.83. The highest BCUT2D eigenvalue weighted by molar-refractivity contribution is 7.89. The van der Waals surface area contributed by atoms with E-state index in [0.717, 1.165) is 16.7 Å². The van der Waals surface area contributed by atoms with E-state index in [1.165, 1.54) is 0 Å². The highest BCUT2D eigenvalue weighted by Crippen LogP contribution is 2.40. The quantitative estimate of drug-likeness (QED) is 0.436. The van der Waals surface area contributed by atoms with Crippen molar-refractivity contribution in [1.29, 1.82) is 0 Å². The molecule has 1 N–H and O–H groups in total. The van der Waals surface area contributed by atoms with Crippen molar-refractivity contribution in [3.05, 3.63) is 84.4 Å². The molecule has 0 saturated carbocycles. The molecule has 0 aliphatic carbocycles. The van der Waals surface area contributed by atoms with Gasteiger partial charge in [-0.15, -0.1) is 0 Å². The lowest BCUT2D eigenvalue weighted by Gasteiger charge is -2.38. The number of ether oxygens (including phenoxy) is 1. The number of piperidine rings is 1. The lowest BCUT2D eigenvalue weighted by atomic mass is 9.82. The van der Waals surface area contributed by atoms with Crippen LogP contribution in [0.25, 0.3) is 11.1 Å². The topological polar surface area (TPSA) is 58.6 Å². The molecule has 34 heavy (non-hydrogen) atoms. The van der Waals surface area contributed by atoms with Crippen LogP contribution in [0.3, 0.4) is 0 Å². The Hall–Kier alpha value is -2.74. The van der Waals surface area contributed by atoms with Gasteiger partial charge in [0.25, 0.3) is 0 Å². The second-order valence-corrected chi connectivity index (χ2v) is 10.3. The molecule has 3 unspecified atom stereocenters. The normalized spacial score (nSPS) is 20.1. The summed E-state index contributed by atoms with van der Waals surface area (Å²) >= 11 is 0. The number of nitrogens with one attached hydrogen (secondary N) is 1. The molecule has 0 spiro atoms. The maximum atomic E-state index is 15.0. The Balaban J connectivity index is 1.80. The fourth-order valence-corrected chi connectivity index (χ4v) is 6.00. The first-order valence-electron chi connectivity index (χ1n) is 11.6. The van der Waals surface area contributed by atoms with Crippen LogP contribution in [0.4, 0.5) is 4.39 Å². The van der Waals surface area contributed by atoms with Crippen LogP contribution in [-0.4, -0.2) is 39.8 Å². The summed E-state index contributed by atoms with van der Waals surface area (Å²) in [6.45, 7) is 3.16. The summed E-state index contributed by atoms with van der Waals surface area (Å²) in [6, 6.07) is 23.2. The number of halogens is 1. The molecule has 5 nitrogen and oxygen atoms in total. The van der Waals surface area contributed by atoms with Crippen LogP contribution < -0.4 is 9.46 Å². The zero-order valence-corrected chi connectivity index (χ0v) is 20.3. The number of likely N-dealkylation sites (tertiary alicyclic amines) is 1. The fourth-order valence-electron chi connectivity index (χ4n) is 4.70. The monoisotopic (exact) mass is 482 g/mol. The molecule has 1 aliphatic heterocycles. The van der Waals surface area contributed by atoms with E-state index in [2.05, 4.69) is 4.72 Å². The Labute approximate surface area is 201 Å². The van der Waals surface area contributed by atoms with Crippen molar-refractivity contribution in [2.24, 2.45) is 5.92 Å². The van der Waals surface area contributed by atoms with Gasteiger partial charge in [0.15, 0.2) is 6.30 Å². The molecule has 0 amide bonds. The van der Waals surface area contributed by atoms with Crippen LogP contribution in [-0.2, 0) is 10.0 Å². The summed E-state index contributed by atoms with van der Waals surface area (Å²) in [6.07, 6.45) is -0.155. The van der Waals surface area contributed by atoms with Crippen molar-refractivity contribution in [3.63, 3.8) is 0 Å². The second kappa shape index (κ2) is 10.7. The van der Waals surface area contributed by atoms with Gasteiger partial charge in [-0.25, -0.2) is 17.5 Å². The van der Waals surface area contributed by atoms with Crippen molar-refractivity contribution in [2.45, 2.75) is 37.0 Å². The van der Waals surface area contributed by atoms with Gasteiger partial charge in [-0.3, -0.25) is 4.90 Å². The number of benzene rings is 3. The van der Waals surface area contributed by atoms with E-state index in [9.17, 15) is 8.42 Å². The van der Waals surface area contributed by atoms with E-state index in [4.69, 9.17) is 4.74 Å². The average molecular weight is 483 g/mol. The van der Waals surface area contributed by atoms with Gasteiger partial charge in [-0.05, 0) is 66.3 Å². The summed E-state index contributed by atoms with van der Waals surface area (Å²) in [7, 11) is -2.22. The van der Waals surface area contributed by atoms with Gasteiger partial charge in [0.2, 0.25) is 10.0 Å². The van der Waals surface area contributed by atoms with Gasteiger partial charge in [-0.1, -0.05) is 61.5 Å². The Bertz CT molecular complexity index is 1190. The standard InChI is InChI=1S/C27H31FN2O3S/c1-3-30-17-16-21(18-26(30)28)27(29-34(31,32)23-12-8-5-9-13-23)24-15-14-22(33-2)19-25(24)20-10-6-4-7-11-20/h4-15,19,21,26-27,29H,3,16-18H2,1-2H3. The van der Waals surface area contributed by atoms with Crippen molar-refractivity contribution in [3.8, 4) is 16.9 Å². The van der Waals surface area contributed by atoms with Gasteiger partial charge in [-0.2, -0.15) is 0 Å². The average Bonchev–Trinajstić information content (AvgIpc) is 2.88. The van der Waals surface area contributed by atoms with Crippen LogP contribution in [0.2, 0.25) is 0 Å². The molecule has 3 atom stereocenters. The molecule has 4 rings (SSSR count). The summed E-state index contributed by atoms with van der Waals surface area (Å²) < 4.78 is 50.2. The Morgan fingerprint density at radius 2 is 1.74 bits per heavy atom. The summed E-state index contributed by atoms with van der Waals surface area (Å²) in [5.41, 5.74) is 2.63. The molecule has 3 aromatic carbocycles. The lowest BCUT2D eigenvalue weighted by Crippen LogP contribution is -2.44. The van der Waals surface area contributed by atoms with Crippen LogP contribution in [0.1, 0.15) is 31.4 Å². The number of hydrogen-bond donors (Lipinski definition) is 1. The largest absolute Gasteiger partial charge is 0.497 e. The zero-order chi connectivity index (χ0) is 24.1. The number of hydrogen-bond acceptors (Lipinski definition) is 4. The van der Waals surface area contributed by atoms with Crippen molar-refractivity contribution < 1.29 is 17.5 Å². The second-order valence-electron chi connectivity index (χ2n) is 8.58. The van der Waals surface area contributed by atoms with Crippen LogP contribution in [0.15, 0.2) is 83.8 Å². The SMILES string of the molecule is CCN1CCC(C(NS(=O)(=O)c2ccccc2)c2ccc(OC)cc2-c2ccccc2)CC1F. The molecule has 0 radical (unpaired) electrons. The van der Waals surface area contributed by atoms with Crippen molar-refractivity contribution in [1.82, 2.24) is 9.62 Å². The number of nitrogens with zero attached hydrogens (tertiary/aromatic N) is 1. The van der Waals surface area contributed by atoms with Gasteiger partial charge >= 0.3 is 0 Å². The van der Waals surface area contributed by atoms with E-state index in [1.807, 2.05) is 55.5 Å². The van der Waals surface area contributed by atoms with Crippen LogP contribution >= 0.6 is 0 Å². The molecule has 0 aromatic heterocycles. The van der Waals surface area contributed by atoms with E-state index < -0.39 is 22.4 Å². The third-order valence-corrected chi connectivity index (χ3v) is 8.03. The highest BCUT2D eigenvalue weighted by Gasteiger charge is 2.36. The number of methoxy groups -OCH3 is 1. The van der Waals surface area contributed by atoms with E-state index in [1.54, 1.807) is 42.3 Å². The minimum absolute atomic E-state index is 0.192. The Morgan fingerprint density at radius 3 is 2.35 bits per heavy atom. The van der Waals surface area contributed by atoms with Crippen LogP contribution in [0.5, 0.6) is 5.75 Å². The first-order chi connectivity index (χ1) is 16.4. The van der Waals surface area contributed by atoms with Gasteiger partial charge < -0.3 is 4.74 Å². The lowest BCUT2D eigenvalue weighted by molar-refractivity contribution is 0.0179. The maximum absolute atomic E-state index is 15.0. The molecule has 1 aliphatic rings. The zero-order valence-electron chi connectivity index (χ0n) is 19.5. The summed E-state index contributed by atoms with van der Waals surface area (Å²) in [5, 5.41) is 0. The molecular formula is C27H31FN2O3S. The molecule has 3 aromatic rings. The van der Waals surface area contributed by atoms with Gasteiger partial charge in [0.05, 0.1) is 18.0 Å². The van der Waals surface area contributed by atoms with Gasteiger partial charge in [0, 0.05) is 6.54 Å². The molecule has 1 heterocycles. The predicted octanol–water partition coefficient (Wildman–Crippen LogP) is 5.41. The smallest absolute Gasteiger partial charge is 0.241 e. The number of alkyl halides is 1. The van der Waals surface area contributed by atoms with E-state index >= 15 is 4.39 Å². The Morgan fingerprint density at radius 1 is 1.06 bits per heavy atom. The Kier molecular flexibility index (Phi) is 7.66. The fraction of sp³-hybridized carbons (Fsp3) is 0.333. The molecule has 1 fully saturated rings. The number of sulfonamides is 1. The van der Waals surface area contributed by atoms with Crippen LogP contribution in [0, 0.1) is 5.92 Å². The third kappa shape index (κ3) is 5.32. The minimum Gasteiger partial charge on any atom is -0.497 e. The molecule has 180 valence electrons. The molecule has 1 saturated heterocycles. The first kappa shape index (κ1) is 24.4. The first-order valence-corrected chi connectivity index (χ1v) is 13.1. The molecular weight excluding hydrogens is 451 g/mol. The predicted molar refractivity (Wildman–Crippen MR) is 133 cm³/mol. The van der Waals surface area contributed by atoms with Crippen molar-refractivity contribution >= 4 is 10.0 Å². The van der Waals surface area contributed by atoms with Gasteiger partial charge in [0.1, 0.15) is 5.75 Å². The van der Waals surface area contributed by atoms with E-state index in [-0.39, 0.29) is 17.2 Å². The van der Waals surface area contributed by atoms with E-state index in [0.29, 0.717) is 25.3 Å². The molecule has 0 bridgehead atoms. The van der Waals surface area contributed by atoms with Crippen molar-refractivity contribution in [2.75, 3.05) is 20.2 Å². The third-order valence-electron chi connectivity index (χ3n) is 6.57. The summed E-state index contributed by atoms with van der Waals surface area (Å²) in [4.78, 5) is 1.99. The maximum Gasteiger partial charge on any atom is 0.241 e. The summed E-state index contributed by atoms with van der Waals surface area (Å²) in [5.74, 6) is 0.476. The highest BCUT2D eigenvalue weighted by atomic mass is 32.2. The molecule has 7 heteroatoms. The number of rotatable bonds is 8.